The van der Waals surface area contributed by atoms with E-state index in [1.165, 1.54) is 0 Å². The van der Waals surface area contributed by atoms with Crippen LogP contribution in [-0.2, 0) is 9.53 Å². The van der Waals surface area contributed by atoms with Crippen molar-refractivity contribution >= 4 is 21.8 Å². The Bertz CT molecular complexity index is 159. The maximum Gasteiger partial charge on any atom is 0.233 e. The number of rotatable bonds is 5. The van der Waals surface area contributed by atoms with Gasteiger partial charge in [0.1, 0.15) is 0 Å². The van der Waals surface area contributed by atoms with Crippen molar-refractivity contribution in [3.63, 3.8) is 0 Å². The normalized spacial score (nSPS) is 16.2. The van der Waals surface area contributed by atoms with Crippen LogP contribution in [0.3, 0.4) is 0 Å². The quantitative estimate of drug-likeness (QED) is 0.667. The SMILES string of the molecule is COCCN(C(=O)CBr)C1CC1. The Morgan fingerprint density at radius 2 is 2.33 bits per heavy atom. The van der Waals surface area contributed by atoms with Gasteiger partial charge in [-0.25, -0.2) is 0 Å². The van der Waals surface area contributed by atoms with E-state index in [0.29, 0.717) is 18.0 Å². The second kappa shape index (κ2) is 4.82. The number of carbonyl (C=O) groups is 1. The lowest BCUT2D eigenvalue weighted by Gasteiger charge is -2.20. The van der Waals surface area contributed by atoms with Gasteiger partial charge < -0.3 is 9.64 Å². The van der Waals surface area contributed by atoms with E-state index in [0.717, 1.165) is 19.4 Å². The smallest absolute Gasteiger partial charge is 0.233 e. The van der Waals surface area contributed by atoms with Crippen LogP contribution in [0.5, 0.6) is 0 Å². The van der Waals surface area contributed by atoms with Crippen molar-refractivity contribution in [2.24, 2.45) is 0 Å². The molecule has 0 atom stereocenters. The van der Waals surface area contributed by atoms with Crippen molar-refractivity contribution < 1.29 is 9.53 Å². The lowest BCUT2D eigenvalue weighted by Crippen LogP contribution is -2.36. The maximum atomic E-state index is 11.3. The zero-order valence-electron chi connectivity index (χ0n) is 7.25. The first-order valence-corrected chi connectivity index (χ1v) is 5.26. The Morgan fingerprint density at radius 3 is 2.75 bits per heavy atom. The molecule has 1 aliphatic carbocycles. The van der Waals surface area contributed by atoms with Crippen LogP contribution in [0, 0.1) is 0 Å². The fourth-order valence-electron chi connectivity index (χ4n) is 1.16. The molecule has 0 saturated heterocycles. The van der Waals surface area contributed by atoms with E-state index in [1.807, 2.05) is 4.90 Å². The Balaban J connectivity index is 2.32. The van der Waals surface area contributed by atoms with Crippen LogP contribution >= 0.6 is 15.9 Å². The molecule has 12 heavy (non-hydrogen) atoms. The van der Waals surface area contributed by atoms with Gasteiger partial charge in [-0.1, -0.05) is 15.9 Å². The van der Waals surface area contributed by atoms with Crippen LogP contribution in [0.15, 0.2) is 0 Å². The lowest BCUT2D eigenvalue weighted by atomic mass is 10.4. The molecule has 0 spiro atoms. The third-order valence-electron chi connectivity index (χ3n) is 1.96. The summed E-state index contributed by atoms with van der Waals surface area (Å²) in [6, 6.07) is 0.491. The molecule has 0 N–H and O–H groups in total. The fourth-order valence-corrected chi connectivity index (χ4v) is 1.49. The van der Waals surface area contributed by atoms with Gasteiger partial charge >= 0.3 is 0 Å². The van der Waals surface area contributed by atoms with Crippen molar-refractivity contribution in [3.8, 4) is 0 Å². The summed E-state index contributed by atoms with van der Waals surface area (Å²) >= 11 is 3.17. The monoisotopic (exact) mass is 235 g/mol. The summed E-state index contributed by atoms with van der Waals surface area (Å²) in [7, 11) is 1.66. The molecule has 0 aromatic heterocycles. The molecule has 0 unspecified atom stereocenters. The van der Waals surface area contributed by atoms with Crippen molar-refractivity contribution in [2.75, 3.05) is 25.6 Å². The topological polar surface area (TPSA) is 29.5 Å². The molecule has 0 aliphatic heterocycles. The van der Waals surface area contributed by atoms with Crippen molar-refractivity contribution in [1.82, 2.24) is 4.90 Å². The van der Waals surface area contributed by atoms with E-state index in [4.69, 9.17) is 4.74 Å². The molecule has 1 rings (SSSR count). The van der Waals surface area contributed by atoms with Gasteiger partial charge in [-0.05, 0) is 12.8 Å². The van der Waals surface area contributed by atoms with Crippen LogP contribution < -0.4 is 0 Å². The van der Waals surface area contributed by atoms with Gasteiger partial charge in [-0.2, -0.15) is 0 Å². The van der Waals surface area contributed by atoms with Gasteiger partial charge in [0.15, 0.2) is 0 Å². The summed E-state index contributed by atoms with van der Waals surface area (Å²) in [6.45, 7) is 1.36. The average Bonchev–Trinajstić information content (AvgIpc) is 2.88. The highest BCUT2D eigenvalue weighted by molar-refractivity contribution is 9.09. The fraction of sp³-hybridized carbons (Fsp3) is 0.875. The predicted molar refractivity (Wildman–Crippen MR) is 50.4 cm³/mol. The molecule has 0 aromatic carbocycles. The van der Waals surface area contributed by atoms with Crippen LogP contribution in [-0.4, -0.2) is 42.4 Å². The predicted octanol–water partition coefficient (Wildman–Crippen LogP) is 1.02. The number of methoxy groups -OCH3 is 1. The van der Waals surface area contributed by atoms with E-state index in [1.54, 1.807) is 7.11 Å². The molecule has 4 heteroatoms. The Kier molecular flexibility index (Phi) is 4.01. The Morgan fingerprint density at radius 1 is 1.67 bits per heavy atom. The zero-order valence-corrected chi connectivity index (χ0v) is 8.84. The Hall–Kier alpha value is -0.0900. The maximum absolute atomic E-state index is 11.3. The number of nitrogens with zero attached hydrogens (tertiary/aromatic N) is 1. The van der Waals surface area contributed by atoms with Crippen LogP contribution in [0.4, 0.5) is 0 Å². The highest BCUT2D eigenvalue weighted by Crippen LogP contribution is 2.26. The molecule has 70 valence electrons. The lowest BCUT2D eigenvalue weighted by molar-refractivity contribution is -0.129. The molecule has 0 radical (unpaired) electrons. The van der Waals surface area contributed by atoms with Gasteiger partial charge in [0, 0.05) is 19.7 Å². The highest BCUT2D eigenvalue weighted by atomic mass is 79.9. The number of carbonyl (C=O) groups excluding carboxylic acids is 1. The second-order valence-electron chi connectivity index (χ2n) is 2.94. The summed E-state index contributed by atoms with van der Waals surface area (Å²) in [5, 5.41) is 0.424. The zero-order chi connectivity index (χ0) is 8.97. The third kappa shape index (κ3) is 2.75. The van der Waals surface area contributed by atoms with E-state index >= 15 is 0 Å². The standard InChI is InChI=1S/C8H14BrNO2/c1-12-5-4-10(7-2-3-7)8(11)6-9/h7H,2-6H2,1H3. The second-order valence-corrected chi connectivity index (χ2v) is 3.51. The van der Waals surface area contributed by atoms with E-state index in [9.17, 15) is 4.79 Å². The van der Waals surface area contributed by atoms with Gasteiger partial charge in [0.05, 0.1) is 11.9 Å². The number of halogens is 1. The van der Waals surface area contributed by atoms with Crippen molar-refractivity contribution in [2.45, 2.75) is 18.9 Å². The van der Waals surface area contributed by atoms with E-state index < -0.39 is 0 Å². The van der Waals surface area contributed by atoms with Crippen LogP contribution in [0.2, 0.25) is 0 Å². The number of hydrogen-bond acceptors (Lipinski definition) is 2. The van der Waals surface area contributed by atoms with Crippen molar-refractivity contribution in [3.05, 3.63) is 0 Å². The molecular weight excluding hydrogens is 222 g/mol. The minimum absolute atomic E-state index is 0.176. The summed E-state index contributed by atoms with van der Waals surface area (Å²) in [6.07, 6.45) is 2.31. The Labute approximate surface area is 81.2 Å². The number of alkyl halides is 1. The largest absolute Gasteiger partial charge is 0.383 e. The van der Waals surface area contributed by atoms with Gasteiger partial charge in [0.25, 0.3) is 0 Å². The first kappa shape index (κ1) is 9.99. The molecule has 0 heterocycles. The van der Waals surface area contributed by atoms with E-state index in [-0.39, 0.29) is 5.91 Å². The summed E-state index contributed by atoms with van der Waals surface area (Å²) in [4.78, 5) is 13.2. The molecule has 1 amide bonds. The number of amides is 1. The van der Waals surface area contributed by atoms with E-state index in [2.05, 4.69) is 15.9 Å². The summed E-state index contributed by atoms with van der Waals surface area (Å²) in [5.74, 6) is 0.176. The molecule has 3 nitrogen and oxygen atoms in total. The molecule has 0 aromatic rings. The minimum atomic E-state index is 0.176. The molecule has 1 saturated carbocycles. The van der Waals surface area contributed by atoms with Gasteiger partial charge in [-0.15, -0.1) is 0 Å². The number of hydrogen-bond donors (Lipinski definition) is 0. The highest BCUT2D eigenvalue weighted by Gasteiger charge is 2.31. The first-order chi connectivity index (χ1) is 5.79. The molecule has 1 aliphatic rings. The number of ether oxygens (including phenoxy) is 1. The van der Waals surface area contributed by atoms with Crippen LogP contribution in [0.25, 0.3) is 0 Å². The summed E-state index contributed by atoms with van der Waals surface area (Å²) < 4.78 is 4.94. The first-order valence-electron chi connectivity index (χ1n) is 4.14. The molecule has 0 bridgehead atoms. The van der Waals surface area contributed by atoms with Gasteiger partial charge in [0.2, 0.25) is 5.91 Å². The third-order valence-corrected chi connectivity index (χ3v) is 2.44. The molecule has 1 fully saturated rings. The molecular formula is C8H14BrNO2. The van der Waals surface area contributed by atoms with Crippen LogP contribution in [0.1, 0.15) is 12.8 Å². The van der Waals surface area contributed by atoms with Crippen molar-refractivity contribution in [1.29, 1.82) is 0 Å². The average molecular weight is 236 g/mol. The van der Waals surface area contributed by atoms with Gasteiger partial charge in [-0.3, -0.25) is 4.79 Å². The minimum Gasteiger partial charge on any atom is -0.383 e. The summed E-state index contributed by atoms with van der Waals surface area (Å²) in [5.41, 5.74) is 0.